The first-order valence-electron chi connectivity index (χ1n) is 7.80. The fourth-order valence-electron chi connectivity index (χ4n) is 3.08. The van der Waals surface area contributed by atoms with Crippen LogP contribution in [0.15, 0.2) is 24.3 Å². The van der Waals surface area contributed by atoms with Crippen LogP contribution in [-0.2, 0) is 6.42 Å². The summed E-state index contributed by atoms with van der Waals surface area (Å²) >= 11 is 0. The molecule has 110 valence electrons. The summed E-state index contributed by atoms with van der Waals surface area (Å²) in [6.45, 7) is 10.6. The number of rotatable bonds is 5. The molecule has 1 heterocycles. The van der Waals surface area contributed by atoms with Crippen molar-refractivity contribution in [2.45, 2.75) is 52.5 Å². The van der Waals surface area contributed by atoms with Crippen molar-refractivity contribution in [1.82, 2.24) is 4.90 Å². The molecule has 1 saturated heterocycles. The van der Waals surface area contributed by atoms with Gasteiger partial charge in [0.1, 0.15) is 0 Å². The summed E-state index contributed by atoms with van der Waals surface area (Å²) in [5.41, 5.74) is 1.75. The van der Waals surface area contributed by atoms with E-state index in [9.17, 15) is 4.79 Å². The molecule has 1 aliphatic rings. The molecule has 1 fully saturated rings. The standard InChI is InChI=1S/C18H27NO/c1-14(2)12-15-8-7-9-16(13-15)17(20)18(3,4)19-10-5-6-11-19/h7-9,13-14H,5-6,10-12H2,1-4H3. The van der Waals surface area contributed by atoms with Gasteiger partial charge in [-0.2, -0.15) is 0 Å². The normalized spacial score (nSPS) is 16.9. The van der Waals surface area contributed by atoms with Gasteiger partial charge in [-0.15, -0.1) is 0 Å². The minimum atomic E-state index is -0.382. The third-order valence-electron chi connectivity index (χ3n) is 4.29. The van der Waals surface area contributed by atoms with Crippen LogP contribution in [-0.4, -0.2) is 29.3 Å². The molecule has 0 atom stereocenters. The second-order valence-electron chi connectivity index (χ2n) is 6.88. The summed E-state index contributed by atoms with van der Waals surface area (Å²) < 4.78 is 0. The van der Waals surface area contributed by atoms with Crippen LogP contribution in [0.1, 0.15) is 56.5 Å². The number of nitrogens with zero attached hydrogens (tertiary/aromatic N) is 1. The SMILES string of the molecule is CC(C)Cc1cccc(C(=O)C(C)(C)N2CCCC2)c1. The lowest BCUT2D eigenvalue weighted by Crippen LogP contribution is -2.48. The van der Waals surface area contributed by atoms with E-state index in [1.165, 1.54) is 18.4 Å². The molecule has 1 aliphatic heterocycles. The van der Waals surface area contributed by atoms with Gasteiger partial charge in [-0.3, -0.25) is 9.69 Å². The fourth-order valence-corrected chi connectivity index (χ4v) is 3.08. The number of hydrogen-bond donors (Lipinski definition) is 0. The maximum absolute atomic E-state index is 12.8. The van der Waals surface area contributed by atoms with Crippen LogP contribution in [0.5, 0.6) is 0 Å². The fraction of sp³-hybridized carbons (Fsp3) is 0.611. The molecule has 0 saturated carbocycles. The number of hydrogen-bond acceptors (Lipinski definition) is 2. The van der Waals surface area contributed by atoms with Gasteiger partial charge in [0.2, 0.25) is 0 Å². The quantitative estimate of drug-likeness (QED) is 0.757. The first kappa shape index (κ1) is 15.2. The van der Waals surface area contributed by atoms with Crippen LogP contribution in [0.25, 0.3) is 0 Å². The van der Waals surface area contributed by atoms with Gasteiger partial charge in [0.25, 0.3) is 0 Å². The number of benzene rings is 1. The Morgan fingerprint density at radius 2 is 1.90 bits per heavy atom. The highest BCUT2D eigenvalue weighted by Crippen LogP contribution is 2.25. The maximum atomic E-state index is 12.8. The molecular formula is C18H27NO. The minimum Gasteiger partial charge on any atom is -0.292 e. The van der Waals surface area contributed by atoms with Gasteiger partial charge < -0.3 is 0 Å². The Morgan fingerprint density at radius 1 is 1.25 bits per heavy atom. The first-order valence-corrected chi connectivity index (χ1v) is 7.80. The number of ketones is 1. The number of Topliss-reactive ketones (excluding diaryl/α,β-unsaturated/α-hetero) is 1. The lowest BCUT2D eigenvalue weighted by Gasteiger charge is -2.34. The Morgan fingerprint density at radius 3 is 2.50 bits per heavy atom. The largest absolute Gasteiger partial charge is 0.292 e. The van der Waals surface area contributed by atoms with E-state index in [4.69, 9.17) is 0 Å². The van der Waals surface area contributed by atoms with Crippen molar-refractivity contribution in [3.63, 3.8) is 0 Å². The topological polar surface area (TPSA) is 20.3 Å². The van der Waals surface area contributed by atoms with Gasteiger partial charge in [-0.25, -0.2) is 0 Å². The summed E-state index contributed by atoms with van der Waals surface area (Å²) in [6.07, 6.45) is 3.46. The van der Waals surface area contributed by atoms with Gasteiger partial charge >= 0.3 is 0 Å². The molecule has 2 heteroatoms. The van der Waals surface area contributed by atoms with Crippen molar-refractivity contribution in [2.75, 3.05) is 13.1 Å². The monoisotopic (exact) mass is 273 g/mol. The van der Waals surface area contributed by atoms with Crippen molar-refractivity contribution in [3.05, 3.63) is 35.4 Å². The summed E-state index contributed by atoms with van der Waals surface area (Å²) in [6, 6.07) is 8.19. The maximum Gasteiger partial charge on any atom is 0.182 e. The summed E-state index contributed by atoms with van der Waals surface area (Å²) in [5, 5.41) is 0. The predicted molar refractivity (Wildman–Crippen MR) is 84.2 cm³/mol. The van der Waals surface area contributed by atoms with E-state index in [1.807, 2.05) is 12.1 Å². The molecule has 0 unspecified atom stereocenters. The van der Waals surface area contributed by atoms with E-state index in [0.717, 1.165) is 25.1 Å². The lowest BCUT2D eigenvalue weighted by molar-refractivity contribution is 0.0702. The molecule has 0 bridgehead atoms. The Bertz CT molecular complexity index is 470. The molecule has 0 aliphatic carbocycles. The summed E-state index contributed by atoms with van der Waals surface area (Å²) in [4.78, 5) is 15.2. The molecule has 1 aromatic rings. The van der Waals surface area contributed by atoms with Crippen molar-refractivity contribution in [3.8, 4) is 0 Å². The Balaban J connectivity index is 2.19. The highest BCUT2D eigenvalue weighted by atomic mass is 16.1. The zero-order valence-corrected chi connectivity index (χ0v) is 13.3. The van der Waals surface area contributed by atoms with Gasteiger partial charge in [0.05, 0.1) is 5.54 Å². The highest BCUT2D eigenvalue weighted by Gasteiger charge is 2.36. The third-order valence-corrected chi connectivity index (χ3v) is 4.29. The van der Waals surface area contributed by atoms with Crippen LogP contribution in [0.2, 0.25) is 0 Å². The second-order valence-corrected chi connectivity index (χ2v) is 6.88. The van der Waals surface area contributed by atoms with E-state index in [1.54, 1.807) is 0 Å². The molecule has 0 spiro atoms. The van der Waals surface area contributed by atoms with Crippen molar-refractivity contribution < 1.29 is 4.79 Å². The Hall–Kier alpha value is -1.15. The van der Waals surface area contributed by atoms with Crippen LogP contribution in [0.4, 0.5) is 0 Å². The molecule has 2 rings (SSSR count). The van der Waals surface area contributed by atoms with Crippen LogP contribution >= 0.6 is 0 Å². The number of carbonyl (C=O) groups is 1. The van der Waals surface area contributed by atoms with E-state index < -0.39 is 0 Å². The third kappa shape index (κ3) is 3.29. The zero-order chi connectivity index (χ0) is 14.8. The van der Waals surface area contributed by atoms with Crippen LogP contribution < -0.4 is 0 Å². The minimum absolute atomic E-state index is 0.255. The predicted octanol–water partition coefficient (Wildman–Crippen LogP) is 3.94. The second kappa shape index (κ2) is 6.09. The molecule has 0 aromatic heterocycles. The Labute approximate surface area is 123 Å². The molecule has 0 amide bonds. The van der Waals surface area contributed by atoms with Gasteiger partial charge in [0.15, 0.2) is 5.78 Å². The van der Waals surface area contributed by atoms with Crippen molar-refractivity contribution in [2.24, 2.45) is 5.92 Å². The first-order chi connectivity index (χ1) is 9.41. The molecule has 20 heavy (non-hydrogen) atoms. The van der Waals surface area contributed by atoms with Gasteiger partial charge in [0, 0.05) is 5.56 Å². The molecule has 2 nitrogen and oxygen atoms in total. The Kier molecular flexibility index (Phi) is 4.64. The number of likely N-dealkylation sites (tertiary alicyclic amines) is 1. The smallest absolute Gasteiger partial charge is 0.182 e. The van der Waals surface area contributed by atoms with Crippen molar-refractivity contribution in [1.29, 1.82) is 0 Å². The van der Waals surface area contributed by atoms with Gasteiger partial charge in [-0.1, -0.05) is 32.0 Å². The molecule has 0 radical (unpaired) electrons. The van der Waals surface area contributed by atoms with E-state index in [0.29, 0.717) is 5.92 Å². The van der Waals surface area contributed by atoms with E-state index >= 15 is 0 Å². The molecule has 0 N–H and O–H groups in total. The highest BCUT2D eigenvalue weighted by molar-refractivity contribution is 6.02. The zero-order valence-electron chi connectivity index (χ0n) is 13.3. The summed E-state index contributed by atoms with van der Waals surface area (Å²) in [7, 11) is 0. The van der Waals surface area contributed by atoms with Gasteiger partial charge in [-0.05, 0) is 63.7 Å². The van der Waals surface area contributed by atoms with E-state index in [2.05, 4.69) is 44.7 Å². The average Bonchev–Trinajstić information content (AvgIpc) is 2.92. The summed E-state index contributed by atoms with van der Waals surface area (Å²) in [5.74, 6) is 0.872. The molecular weight excluding hydrogens is 246 g/mol. The van der Waals surface area contributed by atoms with Crippen molar-refractivity contribution >= 4 is 5.78 Å². The number of carbonyl (C=O) groups excluding carboxylic acids is 1. The molecule has 1 aromatic carbocycles. The van der Waals surface area contributed by atoms with Crippen LogP contribution in [0.3, 0.4) is 0 Å². The average molecular weight is 273 g/mol. The van der Waals surface area contributed by atoms with Crippen LogP contribution in [0, 0.1) is 5.92 Å². The van der Waals surface area contributed by atoms with E-state index in [-0.39, 0.29) is 11.3 Å². The lowest BCUT2D eigenvalue weighted by atomic mass is 9.90.